The van der Waals surface area contributed by atoms with E-state index in [9.17, 15) is 0 Å². The van der Waals surface area contributed by atoms with E-state index in [1.165, 1.54) is 0 Å². The summed E-state index contributed by atoms with van der Waals surface area (Å²) in [5.74, 6) is 5.60. The van der Waals surface area contributed by atoms with Crippen LogP contribution in [0.5, 0.6) is 0 Å². The van der Waals surface area contributed by atoms with Crippen molar-refractivity contribution in [2.75, 3.05) is 6.54 Å². The van der Waals surface area contributed by atoms with Crippen molar-refractivity contribution in [2.24, 2.45) is 5.73 Å². The largest absolute Gasteiger partial charge is 0.320 e. The van der Waals surface area contributed by atoms with E-state index in [1.54, 1.807) is 0 Å². The number of hydrogen-bond acceptors (Lipinski definition) is 1. The Kier molecular flexibility index (Phi) is 2.97. The average molecular weight is 166 g/mol. The van der Waals surface area contributed by atoms with Crippen LogP contribution in [-0.4, -0.2) is 6.54 Å². The van der Waals surface area contributed by atoms with Gasteiger partial charge in [-0.1, -0.05) is 35.6 Å². The van der Waals surface area contributed by atoms with Gasteiger partial charge < -0.3 is 5.73 Å². The molecule has 1 aromatic rings. The molecule has 0 radical (unpaired) electrons. The Morgan fingerprint density at radius 1 is 1.36 bits per heavy atom. The Balaban J connectivity index is 2.95. The molecule has 0 aromatic heterocycles. The van der Waals surface area contributed by atoms with Crippen molar-refractivity contribution < 1.29 is 0 Å². The van der Waals surface area contributed by atoms with Crippen LogP contribution in [-0.2, 0) is 0 Å². The monoisotopic (exact) mass is 165 g/mol. The summed E-state index contributed by atoms with van der Waals surface area (Å²) in [5.41, 5.74) is 6.04. The van der Waals surface area contributed by atoms with Crippen LogP contribution in [0.4, 0.5) is 0 Å². The molecule has 0 unspecified atom stereocenters. The fourth-order valence-electron chi connectivity index (χ4n) is 0.709. The standard InChI is InChI=1S/C9H8ClN/c10-9-6-2-1-4-8(9)5-3-7-11/h1-2,4,6H,7,11H2. The molecule has 0 aliphatic carbocycles. The molecule has 1 aromatic carbocycles. The Morgan fingerprint density at radius 2 is 2.09 bits per heavy atom. The van der Waals surface area contributed by atoms with Gasteiger partial charge in [-0.25, -0.2) is 0 Å². The van der Waals surface area contributed by atoms with Gasteiger partial charge >= 0.3 is 0 Å². The van der Waals surface area contributed by atoms with Gasteiger partial charge in [0.15, 0.2) is 0 Å². The maximum atomic E-state index is 5.82. The molecular weight excluding hydrogens is 158 g/mol. The summed E-state index contributed by atoms with van der Waals surface area (Å²) in [6.07, 6.45) is 0. The zero-order chi connectivity index (χ0) is 8.10. The second-order valence-electron chi connectivity index (χ2n) is 1.99. The third-order valence-electron chi connectivity index (χ3n) is 1.20. The Bertz CT molecular complexity index is 296. The Morgan fingerprint density at radius 3 is 2.73 bits per heavy atom. The highest BCUT2D eigenvalue weighted by molar-refractivity contribution is 6.31. The summed E-state index contributed by atoms with van der Waals surface area (Å²) in [5, 5.41) is 0.674. The van der Waals surface area contributed by atoms with Crippen molar-refractivity contribution >= 4 is 11.6 Å². The fourth-order valence-corrected chi connectivity index (χ4v) is 0.892. The molecule has 0 bridgehead atoms. The van der Waals surface area contributed by atoms with Crippen LogP contribution in [0.3, 0.4) is 0 Å². The fraction of sp³-hybridized carbons (Fsp3) is 0.111. The van der Waals surface area contributed by atoms with E-state index >= 15 is 0 Å². The molecule has 0 saturated carbocycles. The summed E-state index contributed by atoms with van der Waals surface area (Å²) in [4.78, 5) is 0. The van der Waals surface area contributed by atoms with Crippen molar-refractivity contribution in [1.29, 1.82) is 0 Å². The van der Waals surface area contributed by atoms with Crippen LogP contribution in [0.15, 0.2) is 24.3 Å². The van der Waals surface area contributed by atoms with Crippen molar-refractivity contribution in [2.45, 2.75) is 0 Å². The molecule has 0 saturated heterocycles. The third-order valence-corrected chi connectivity index (χ3v) is 1.53. The first-order valence-electron chi connectivity index (χ1n) is 3.28. The molecule has 0 fully saturated rings. The number of hydrogen-bond donors (Lipinski definition) is 1. The molecule has 0 amide bonds. The first kappa shape index (κ1) is 8.13. The van der Waals surface area contributed by atoms with Crippen LogP contribution in [0, 0.1) is 11.8 Å². The highest BCUT2D eigenvalue weighted by Crippen LogP contribution is 2.12. The number of rotatable bonds is 0. The molecule has 2 N–H and O–H groups in total. The summed E-state index contributed by atoms with van der Waals surface area (Å²) >= 11 is 5.82. The Labute approximate surface area is 71.2 Å². The minimum Gasteiger partial charge on any atom is -0.320 e. The van der Waals surface area contributed by atoms with Crippen LogP contribution in [0.25, 0.3) is 0 Å². The predicted octanol–water partition coefficient (Wildman–Crippen LogP) is 1.65. The van der Waals surface area contributed by atoms with E-state index in [2.05, 4.69) is 11.8 Å². The molecule has 1 nitrogen and oxygen atoms in total. The maximum Gasteiger partial charge on any atom is 0.0562 e. The molecule has 0 aliphatic rings. The second-order valence-corrected chi connectivity index (χ2v) is 2.39. The highest BCUT2D eigenvalue weighted by atomic mass is 35.5. The minimum atomic E-state index is 0.366. The zero-order valence-corrected chi connectivity index (χ0v) is 6.73. The lowest BCUT2D eigenvalue weighted by atomic mass is 10.2. The third kappa shape index (κ3) is 2.27. The van der Waals surface area contributed by atoms with E-state index in [1.807, 2.05) is 24.3 Å². The van der Waals surface area contributed by atoms with E-state index in [-0.39, 0.29) is 0 Å². The molecule has 11 heavy (non-hydrogen) atoms. The number of nitrogens with two attached hydrogens (primary N) is 1. The van der Waals surface area contributed by atoms with Gasteiger partial charge in [0.05, 0.1) is 11.6 Å². The second kappa shape index (κ2) is 4.02. The summed E-state index contributed by atoms with van der Waals surface area (Å²) in [7, 11) is 0. The van der Waals surface area contributed by atoms with Crippen LogP contribution >= 0.6 is 11.6 Å². The minimum absolute atomic E-state index is 0.366. The van der Waals surface area contributed by atoms with E-state index < -0.39 is 0 Å². The van der Waals surface area contributed by atoms with Gasteiger partial charge in [-0.3, -0.25) is 0 Å². The highest BCUT2D eigenvalue weighted by Gasteiger charge is 1.91. The smallest absolute Gasteiger partial charge is 0.0562 e. The van der Waals surface area contributed by atoms with E-state index in [0.717, 1.165) is 5.56 Å². The number of halogens is 1. The molecule has 0 spiro atoms. The van der Waals surface area contributed by atoms with Crippen molar-refractivity contribution in [1.82, 2.24) is 0 Å². The molecular formula is C9H8ClN. The van der Waals surface area contributed by atoms with Crippen molar-refractivity contribution in [3.05, 3.63) is 34.9 Å². The quantitative estimate of drug-likeness (QED) is 0.582. The van der Waals surface area contributed by atoms with Crippen molar-refractivity contribution in [3.8, 4) is 11.8 Å². The lowest BCUT2D eigenvalue weighted by Crippen LogP contribution is -1.93. The lowest BCUT2D eigenvalue weighted by Gasteiger charge is -1.91. The first-order valence-corrected chi connectivity index (χ1v) is 3.66. The van der Waals surface area contributed by atoms with Crippen LogP contribution in [0.1, 0.15) is 5.56 Å². The van der Waals surface area contributed by atoms with E-state index in [0.29, 0.717) is 11.6 Å². The molecule has 0 heterocycles. The number of benzene rings is 1. The van der Waals surface area contributed by atoms with Gasteiger partial charge in [0, 0.05) is 5.56 Å². The Hall–Kier alpha value is -0.970. The molecule has 0 atom stereocenters. The van der Waals surface area contributed by atoms with Crippen LogP contribution in [0.2, 0.25) is 5.02 Å². The van der Waals surface area contributed by atoms with Gasteiger partial charge in [-0.15, -0.1) is 0 Å². The van der Waals surface area contributed by atoms with Gasteiger partial charge in [0.1, 0.15) is 0 Å². The SMILES string of the molecule is NCC#Cc1ccccc1Cl. The lowest BCUT2D eigenvalue weighted by molar-refractivity contribution is 1.30. The molecule has 1 rings (SSSR count). The molecule has 2 heteroatoms. The normalized spacial score (nSPS) is 8.55. The summed E-state index contributed by atoms with van der Waals surface area (Å²) in [6, 6.07) is 7.44. The molecule has 0 aliphatic heterocycles. The maximum absolute atomic E-state index is 5.82. The first-order chi connectivity index (χ1) is 5.34. The summed E-state index contributed by atoms with van der Waals surface area (Å²) in [6.45, 7) is 0.366. The predicted molar refractivity (Wildman–Crippen MR) is 47.4 cm³/mol. The summed E-state index contributed by atoms with van der Waals surface area (Å²) < 4.78 is 0. The van der Waals surface area contributed by atoms with Gasteiger partial charge in [0.2, 0.25) is 0 Å². The molecule has 56 valence electrons. The van der Waals surface area contributed by atoms with Gasteiger partial charge in [-0.2, -0.15) is 0 Å². The van der Waals surface area contributed by atoms with Gasteiger partial charge in [-0.05, 0) is 12.1 Å². The van der Waals surface area contributed by atoms with Crippen molar-refractivity contribution in [3.63, 3.8) is 0 Å². The average Bonchev–Trinajstić information content (AvgIpc) is 2.03. The van der Waals surface area contributed by atoms with Crippen LogP contribution < -0.4 is 5.73 Å². The van der Waals surface area contributed by atoms with E-state index in [4.69, 9.17) is 17.3 Å². The topological polar surface area (TPSA) is 26.0 Å². The van der Waals surface area contributed by atoms with Gasteiger partial charge in [0.25, 0.3) is 0 Å². The zero-order valence-electron chi connectivity index (χ0n) is 5.97.